The molecule has 0 bridgehead atoms. The molecule has 0 aliphatic carbocycles. The van der Waals surface area contributed by atoms with Gasteiger partial charge in [-0.25, -0.2) is 0 Å². The van der Waals surface area contributed by atoms with E-state index in [4.69, 9.17) is 10.5 Å². The molecule has 0 saturated carbocycles. The van der Waals surface area contributed by atoms with E-state index in [1.54, 1.807) is 18.2 Å². The Labute approximate surface area is 144 Å². The lowest BCUT2D eigenvalue weighted by Gasteiger charge is -2.21. The molecule has 7 nitrogen and oxygen atoms in total. The van der Waals surface area contributed by atoms with Crippen LogP contribution < -0.4 is 16.4 Å². The number of rotatable bonds is 7. The van der Waals surface area contributed by atoms with Gasteiger partial charge in [-0.15, -0.1) is 11.8 Å². The summed E-state index contributed by atoms with van der Waals surface area (Å²) in [6, 6.07) is 7.13. The van der Waals surface area contributed by atoms with Crippen LogP contribution in [-0.4, -0.2) is 43.2 Å². The molecule has 1 aliphatic heterocycles. The smallest absolute Gasteiger partial charge is 0.243 e. The van der Waals surface area contributed by atoms with E-state index in [1.807, 2.05) is 6.07 Å². The highest BCUT2D eigenvalue weighted by atomic mass is 32.2. The Bertz CT molecular complexity index is 603. The van der Waals surface area contributed by atoms with E-state index < -0.39 is 5.91 Å². The summed E-state index contributed by atoms with van der Waals surface area (Å²) >= 11 is 1.25. The van der Waals surface area contributed by atoms with Crippen molar-refractivity contribution < 1.29 is 19.1 Å². The first-order valence-corrected chi connectivity index (χ1v) is 8.70. The van der Waals surface area contributed by atoms with Gasteiger partial charge in [-0.2, -0.15) is 0 Å². The zero-order valence-electron chi connectivity index (χ0n) is 13.2. The average Bonchev–Trinajstić information content (AvgIpc) is 2.59. The van der Waals surface area contributed by atoms with Gasteiger partial charge >= 0.3 is 0 Å². The molecule has 1 fully saturated rings. The first kappa shape index (κ1) is 18.3. The summed E-state index contributed by atoms with van der Waals surface area (Å²) in [6.45, 7) is 1.06. The Morgan fingerprint density at radius 3 is 2.62 bits per heavy atom. The van der Waals surface area contributed by atoms with Crippen LogP contribution >= 0.6 is 11.8 Å². The molecule has 3 amide bonds. The van der Waals surface area contributed by atoms with Gasteiger partial charge in [0.05, 0.1) is 18.0 Å². The molecule has 0 aromatic heterocycles. The fraction of sp³-hybridized carbons (Fsp3) is 0.438. The number of benzene rings is 1. The summed E-state index contributed by atoms with van der Waals surface area (Å²) < 4.78 is 5.21. The van der Waals surface area contributed by atoms with Crippen LogP contribution in [0.15, 0.2) is 29.2 Å². The van der Waals surface area contributed by atoms with Gasteiger partial charge < -0.3 is 21.1 Å². The summed E-state index contributed by atoms with van der Waals surface area (Å²) in [5, 5.41) is 5.40. The third-order valence-corrected chi connectivity index (χ3v) is 4.64. The highest BCUT2D eigenvalue weighted by molar-refractivity contribution is 8.00. The van der Waals surface area contributed by atoms with Crippen LogP contribution in [0.25, 0.3) is 0 Å². The molecule has 24 heavy (non-hydrogen) atoms. The van der Waals surface area contributed by atoms with E-state index in [9.17, 15) is 14.4 Å². The maximum absolute atomic E-state index is 12.0. The van der Waals surface area contributed by atoms with Crippen molar-refractivity contribution >= 4 is 35.2 Å². The normalized spacial score (nSPS) is 14.8. The molecule has 1 saturated heterocycles. The van der Waals surface area contributed by atoms with Gasteiger partial charge in [0.15, 0.2) is 0 Å². The second-order valence-electron chi connectivity index (χ2n) is 5.40. The maximum Gasteiger partial charge on any atom is 0.243 e. The number of carbonyl (C=O) groups excluding carboxylic acids is 3. The summed E-state index contributed by atoms with van der Waals surface area (Å²) in [7, 11) is 0. The van der Waals surface area contributed by atoms with E-state index in [-0.39, 0.29) is 30.0 Å². The highest BCUT2D eigenvalue weighted by Crippen LogP contribution is 2.26. The number of hydrogen-bond acceptors (Lipinski definition) is 5. The van der Waals surface area contributed by atoms with E-state index in [2.05, 4.69) is 10.6 Å². The molecule has 2 rings (SSSR count). The van der Waals surface area contributed by atoms with Gasteiger partial charge in [-0.1, -0.05) is 12.1 Å². The zero-order chi connectivity index (χ0) is 17.4. The minimum Gasteiger partial charge on any atom is -0.381 e. The fourth-order valence-electron chi connectivity index (χ4n) is 2.31. The van der Waals surface area contributed by atoms with Crippen molar-refractivity contribution in [2.75, 3.05) is 30.8 Å². The van der Waals surface area contributed by atoms with Gasteiger partial charge in [0.25, 0.3) is 0 Å². The first-order chi connectivity index (χ1) is 11.6. The predicted molar refractivity (Wildman–Crippen MR) is 91.5 cm³/mol. The number of thioether (sulfide) groups is 1. The molecule has 0 unspecified atom stereocenters. The number of hydrogen-bond donors (Lipinski definition) is 3. The van der Waals surface area contributed by atoms with Gasteiger partial charge in [0.1, 0.15) is 0 Å². The Morgan fingerprint density at radius 2 is 1.92 bits per heavy atom. The van der Waals surface area contributed by atoms with Crippen LogP contribution in [0.5, 0.6) is 0 Å². The van der Waals surface area contributed by atoms with Crippen molar-refractivity contribution in [1.29, 1.82) is 0 Å². The van der Waals surface area contributed by atoms with Crippen LogP contribution in [0.4, 0.5) is 5.69 Å². The standard InChI is InChI=1S/C16H21N3O4S/c17-14(20)10-24-13-4-2-1-3-12(13)19-15(21)9-18-16(22)11-5-7-23-8-6-11/h1-4,11H,5-10H2,(H2,17,20)(H,18,22)(H,19,21). The minimum absolute atomic E-state index is 0.0923. The fourth-order valence-corrected chi connectivity index (χ4v) is 3.06. The van der Waals surface area contributed by atoms with E-state index in [1.165, 1.54) is 11.8 Å². The molecular weight excluding hydrogens is 330 g/mol. The number of para-hydroxylation sites is 1. The summed E-state index contributed by atoms with van der Waals surface area (Å²) in [5.41, 5.74) is 5.73. The van der Waals surface area contributed by atoms with Crippen molar-refractivity contribution in [3.8, 4) is 0 Å². The monoisotopic (exact) mass is 351 g/mol. The molecule has 0 atom stereocenters. The van der Waals surface area contributed by atoms with E-state index in [0.717, 1.165) is 4.90 Å². The lowest BCUT2D eigenvalue weighted by Crippen LogP contribution is -2.38. The molecule has 1 aliphatic rings. The quantitative estimate of drug-likeness (QED) is 0.628. The van der Waals surface area contributed by atoms with Gasteiger partial charge in [0, 0.05) is 24.0 Å². The molecule has 1 aromatic carbocycles. The van der Waals surface area contributed by atoms with Crippen LogP contribution in [0.1, 0.15) is 12.8 Å². The Balaban J connectivity index is 1.83. The second-order valence-corrected chi connectivity index (χ2v) is 6.42. The molecule has 0 radical (unpaired) electrons. The number of anilines is 1. The number of primary amides is 1. The van der Waals surface area contributed by atoms with Crippen molar-refractivity contribution in [3.63, 3.8) is 0 Å². The number of carbonyl (C=O) groups is 3. The summed E-state index contributed by atoms with van der Waals surface area (Å²) in [5.74, 6) is -0.824. The Morgan fingerprint density at radius 1 is 1.21 bits per heavy atom. The third kappa shape index (κ3) is 5.86. The largest absolute Gasteiger partial charge is 0.381 e. The van der Waals surface area contributed by atoms with Crippen molar-refractivity contribution in [3.05, 3.63) is 24.3 Å². The number of nitrogens with one attached hydrogen (secondary N) is 2. The average molecular weight is 351 g/mol. The molecule has 0 spiro atoms. The minimum atomic E-state index is -0.426. The van der Waals surface area contributed by atoms with Crippen molar-refractivity contribution in [2.24, 2.45) is 11.7 Å². The summed E-state index contributed by atoms with van der Waals surface area (Å²) in [6.07, 6.45) is 1.36. The molecule has 8 heteroatoms. The number of amides is 3. The van der Waals surface area contributed by atoms with Gasteiger partial charge in [0.2, 0.25) is 17.7 Å². The molecular formula is C16H21N3O4S. The predicted octanol–water partition coefficient (Wildman–Crippen LogP) is 0.745. The topological polar surface area (TPSA) is 111 Å². The Kier molecular flexibility index (Phi) is 7.07. The third-order valence-electron chi connectivity index (χ3n) is 3.55. The van der Waals surface area contributed by atoms with E-state index in [0.29, 0.717) is 31.7 Å². The van der Waals surface area contributed by atoms with Crippen LogP contribution in [0.2, 0.25) is 0 Å². The molecule has 1 heterocycles. The molecule has 4 N–H and O–H groups in total. The number of nitrogens with two attached hydrogens (primary N) is 1. The second kappa shape index (κ2) is 9.29. The zero-order valence-corrected chi connectivity index (χ0v) is 14.1. The molecule has 130 valence electrons. The SMILES string of the molecule is NC(=O)CSc1ccccc1NC(=O)CNC(=O)C1CCOCC1. The summed E-state index contributed by atoms with van der Waals surface area (Å²) in [4.78, 5) is 35.7. The van der Waals surface area contributed by atoms with Crippen LogP contribution in [-0.2, 0) is 19.1 Å². The first-order valence-electron chi connectivity index (χ1n) is 7.71. The number of ether oxygens (including phenoxy) is 1. The van der Waals surface area contributed by atoms with Crippen LogP contribution in [0, 0.1) is 5.92 Å². The highest BCUT2D eigenvalue weighted by Gasteiger charge is 2.21. The lowest BCUT2D eigenvalue weighted by molar-refractivity contribution is -0.129. The maximum atomic E-state index is 12.0. The Hall–Kier alpha value is -2.06. The van der Waals surface area contributed by atoms with Gasteiger partial charge in [-0.3, -0.25) is 14.4 Å². The van der Waals surface area contributed by atoms with Gasteiger partial charge in [-0.05, 0) is 25.0 Å². The van der Waals surface area contributed by atoms with Crippen LogP contribution in [0.3, 0.4) is 0 Å². The van der Waals surface area contributed by atoms with Crippen molar-refractivity contribution in [2.45, 2.75) is 17.7 Å². The van der Waals surface area contributed by atoms with E-state index >= 15 is 0 Å². The molecule has 1 aromatic rings. The van der Waals surface area contributed by atoms with Crippen molar-refractivity contribution in [1.82, 2.24) is 5.32 Å². The lowest BCUT2D eigenvalue weighted by atomic mass is 9.99.